The molecule has 2 aliphatic carbocycles. The first-order valence-electron chi connectivity index (χ1n) is 4.64. The monoisotopic (exact) mass is 170 g/mol. The van der Waals surface area contributed by atoms with Crippen molar-refractivity contribution in [3.05, 3.63) is 0 Å². The third-order valence-electron chi connectivity index (χ3n) is 3.42. The predicted octanol–water partition coefficient (Wildman–Crippen LogP) is 1.83. The molecule has 12 heavy (non-hydrogen) atoms. The third-order valence-corrected chi connectivity index (χ3v) is 3.42. The van der Waals surface area contributed by atoms with E-state index in [0.717, 1.165) is 11.8 Å². The molecule has 0 aromatic rings. The molecule has 0 heterocycles. The summed E-state index contributed by atoms with van der Waals surface area (Å²) in [6.07, 6.45) is 5.49. The molecule has 0 unspecified atom stereocenters. The van der Waals surface area contributed by atoms with Crippen LogP contribution in [0.4, 0.5) is 0 Å². The van der Waals surface area contributed by atoms with Crippen LogP contribution in [0.5, 0.6) is 0 Å². The standard InChI is InChI=1S/C9H14O3/c10-9(12-11)5-8-4-6-1-2-7(8)3-6/h6-8,11H,1-5H2/t6-,7+,8-/m1/s1. The van der Waals surface area contributed by atoms with E-state index in [2.05, 4.69) is 4.89 Å². The fraction of sp³-hybridized carbons (Fsp3) is 0.889. The lowest BCUT2D eigenvalue weighted by Gasteiger charge is -2.19. The lowest BCUT2D eigenvalue weighted by atomic mass is 9.86. The molecule has 0 aromatic carbocycles. The van der Waals surface area contributed by atoms with E-state index >= 15 is 0 Å². The third kappa shape index (κ3) is 1.33. The molecule has 2 bridgehead atoms. The average Bonchev–Trinajstić information content (AvgIpc) is 2.64. The van der Waals surface area contributed by atoms with E-state index in [0.29, 0.717) is 12.3 Å². The van der Waals surface area contributed by atoms with Crippen LogP contribution in [0.25, 0.3) is 0 Å². The summed E-state index contributed by atoms with van der Waals surface area (Å²) in [7, 11) is 0. The summed E-state index contributed by atoms with van der Waals surface area (Å²) in [6, 6.07) is 0. The summed E-state index contributed by atoms with van der Waals surface area (Å²) >= 11 is 0. The molecule has 2 aliphatic rings. The Hall–Kier alpha value is -0.570. The maximum absolute atomic E-state index is 10.8. The highest BCUT2D eigenvalue weighted by molar-refractivity contribution is 5.68. The Labute approximate surface area is 71.6 Å². The van der Waals surface area contributed by atoms with E-state index in [1.807, 2.05) is 0 Å². The zero-order valence-electron chi connectivity index (χ0n) is 7.03. The first kappa shape index (κ1) is 8.05. The second kappa shape index (κ2) is 3.05. The second-order valence-electron chi connectivity index (χ2n) is 4.10. The van der Waals surface area contributed by atoms with E-state index in [1.165, 1.54) is 25.7 Å². The van der Waals surface area contributed by atoms with Crippen molar-refractivity contribution in [1.29, 1.82) is 0 Å². The van der Waals surface area contributed by atoms with Crippen LogP contribution in [0.3, 0.4) is 0 Å². The first-order chi connectivity index (χ1) is 5.79. The van der Waals surface area contributed by atoms with Crippen molar-refractivity contribution in [3.63, 3.8) is 0 Å². The highest BCUT2D eigenvalue weighted by Gasteiger charge is 2.40. The maximum atomic E-state index is 10.8. The molecule has 68 valence electrons. The molecule has 0 spiro atoms. The number of hydrogen-bond donors (Lipinski definition) is 1. The Morgan fingerprint density at radius 1 is 1.42 bits per heavy atom. The van der Waals surface area contributed by atoms with Crippen LogP contribution in [0.2, 0.25) is 0 Å². The summed E-state index contributed by atoms with van der Waals surface area (Å²) in [5.74, 6) is 1.61. The van der Waals surface area contributed by atoms with Crippen molar-refractivity contribution in [3.8, 4) is 0 Å². The number of carbonyl (C=O) groups is 1. The van der Waals surface area contributed by atoms with Crippen molar-refractivity contribution in [2.45, 2.75) is 32.1 Å². The quantitative estimate of drug-likeness (QED) is 0.508. The fourth-order valence-electron chi connectivity index (χ4n) is 2.88. The summed E-state index contributed by atoms with van der Waals surface area (Å²) in [4.78, 5) is 14.5. The summed E-state index contributed by atoms with van der Waals surface area (Å²) in [6.45, 7) is 0. The maximum Gasteiger partial charge on any atom is 0.342 e. The van der Waals surface area contributed by atoms with Crippen molar-refractivity contribution in [2.24, 2.45) is 17.8 Å². The predicted molar refractivity (Wildman–Crippen MR) is 42.3 cm³/mol. The molecule has 3 atom stereocenters. The number of carbonyl (C=O) groups excluding carboxylic acids is 1. The minimum atomic E-state index is -0.465. The highest BCUT2D eigenvalue weighted by Crippen LogP contribution is 2.49. The van der Waals surface area contributed by atoms with E-state index in [4.69, 9.17) is 5.26 Å². The molecule has 0 aromatic heterocycles. The van der Waals surface area contributed by atoms with Crippen LogP contribution < -0.4 is 0 Å². The highest BCUT2D eigenvalue weighted by atomic mass is 17.1. The van der Waals surface area contributed by atoms with E-state index in [9.17, 15) is 4.79 Å². The van der Waals surface area contributed by atoms with Gasteiger partial charge in [-0.15, -0.1) is 0 Å². The van der Waals surface area contributed by atoms with E-state index < -0.39 is 5.97 Å². The van der Waals surface area contributed by atoms with Crippen LogP contribution in [-0.2, 0) is 9.68 Å². The molecule has 0 saturated heterocycles. The van der Waals surface area contributed by atoms with Crippen molar-refractivity contribution in [2.75, 3.05) is 0 Å². The molecule has 3 nitrogen and oxygen atoms in total. The average molecular weight is 170 g/mol. The summed E-state index contributed by atoms with van der Waals surface area (Å²) in [5, 5.41) is 8.12. The SMILES string of the molecule is O=C(C[C@H]1C[C@@H]2CC[C@H]1C2)OO. The Morgan fingerprint density at radius 3 is 2.75 bits per heavy atom. The van der Waals surface area contributed by atoms with Crippen molar-refractivity contribution >= 4 is 5.97 Å². The van der Waals surface area contributed by atoms with Crippen molar-refractivity contribution < 1.29 is 14.9 Å². The normalized spacial score (nSPS) is 38.6. The Bertz CT molecular complexity index is 190. The van der Waals surface area contributed by atoms with Crippen LogP contribution in [-0.4, -0.2) is 11.2 Å². The molecule has 0 radical (unpaired) electrons. The lowest BCUT2D eigenvalue weighted by Crippen LogP contribution is -2.15. The second-order valence-corrected chi connectivity index (χ2v) is 4.10. The van der Waals surface area contributed by atoms with Gasteiger partial charge in [-0.05, 0) is 37.0 Å². The Kier molecular flexibility index (Phi) is 2.05. The molecule has 3 heteroatoms. The van der Waals surface area contributed by atoms with Crippen LogP contribution in [0.15, 0.2) is 0 Å². The number of hydrogen-bond acceptors (Lipinski definition) is 3. The van der Waals surface area contributed by atoms with Crippen LogP contribution in [0.1, 0.15) is 32.1 Å². The van der Waals surface area contributed by atoms with Gasteiger partial charge in [0, 0.05) is 0 Å². The Morgan fingerprint density at radius 2 is 2.25 bits per heavy atom. The van der Waals surface area contributed by atoms with Gasteiger partial charge in [-0.25, -0.2) is 4.79 Å². The van der Waals surface area contributed by atoms with Gasteiger partial charge >= 0.3 is 5.97 Å². The summed E-state index contributed by atoms with van der Waals surface area (Å²) < 4.78 is 0. The van der Waals surface area contributed by atoms with Gasteiger partial charge in [0.25, 0.3) is 0 Å². The minimum Gasteiger partial charge on any atom is -0.301 e. The van der Waals surface area contributed by atoms with E-state index in [1.54, 1.807) is 0 Å². The largest absolute Gasteiger partial charge is 0.342 e. The van der Waals surface area contributed by atoms with Crippen LogP contribution >= 0.6 is 0 Å². The molecule has 1 N–H and O–H groups in total. The topological polar surface area (TPSA) is 46.5 Å². The molecule has 2 saturated carbocycles. The molecule has 2 fully saturated rings. The Balaban J connectivity index is 1.86. The molecule has 0 aliphatic heterocycles. The first-order valence-corrected chi connectivity index (χ1v) is 4.64. The van der Waals surface area contributed by atoms with Gasteiger partial charge < -0.3 is 4.89 Å². The number of rotatable bonds is 2. The van der Waals surface area contributed by atoms with Crippen LogP contribution in [0, 0.1) is 17.8 Å². The minimum absolute atomic E-state index is 0.414. The number of fused-ring (bicyclic) bond motifs is 2. The lowest BCUT2D eigenvalue weighted by molar-refractivity contribution is -0.235. The summed E-state index contributed by atoms with van der Waals surface area (Å²) in [5.41, 5.74) is 0. The molecular weight excluding hydrogens is 156 g/mol. The molecule has 0 amide bonds. The van der Waals surface area contributed by atoms with Gasteiger partial charge in [-0.3, -0.25) is 0 Å². The van der Waals surface area contributed by atoms with Gasteiger partial charge in [0.2, 0.25) is 0 Å². The smallest absolute Gasteiger partial charge is 0.301 e. The zero-order valence-corrected chi connectivity index (χ0v) is 7.03. The van der Waals surface area contributed by atoms with Crippen molar-refractivity contribution in [1.82, 2.24) is 0 Å². The molecular formula is C9H14O3. The molecule has 2 rings (SSSR count). The van der Waals surface area contributed by atoms with Gasteiger partial charge in [-0.1, -0.05) is 6.42 Å². The van der Waals surface area contributed by atoms with Gasteiger partial charge in [0.15, 0.2) is 0 Å². The van der Waals surface area contributed by atoms with Gasteiger partial charge in [-0.2, -0.15) is 5.26 Å². The zero-order chi connectivity index (χ0) is 8.55. The van der Waals surface area contributed by atoms with Gasteiger partial charge in [0.1, 0.15) is 0 Å². The van der Waals surface area contributed by atoms with E-state index in [-0.39, 0.29) is 0 Å². The van der Waals surface area contributed by atoms with Gasteiger partial charge in [0.05, 0.1) is 6.42 Å². The fourth-order valence-corrected chi connectivity index (χ4v) is 2.88.